The SMILES string of the molecule is COC(=O)c1cc(-c2cc(-c3c(Br)cc(C(F)(C(F)(F)F)C(F)(F)F)n3C)no2)ccc1Cl. The van der Waals surface area contributed by atoms with E-state index in [0.717, 1.165) is 14.2 Å². The molecule has 0 aliphatic heterocycles. The molecule has 2 aromatic heterocycles. The van der Waals surface area contributed by atoms with Crippen LogP contribution in [0.5, 0.6) is 0 Å². The highest BCUT2D eigenvalue weighted by molar-refractivity contribution is 9.10. The van der Waals surface area contributed by atoms with Gasteiger partial charge in [-0.15, -0.1) is 0 Å². The molecule has 0 atom stereocenters. The molecule has 14 heteroatoms. The summed E-state index contributed by atoms with van der Waals surface area (Å²) in [6.07, 6.45) is -12.6. The van der Waals surface area contributed by atoms with E-state index in [4.69, 9.17) is 16.1 Å². The van der Waals surface area contributed by atoms with Crippen LogP contribution in [-0.4, -0.2) is 35.2 Å². The standard InChI is InChI=1S/C19H11BrClF7N2O3/c1-30-14(17(22,18(23,24)25)19(26,27)28)6-10(20)15(30)12-7-13(33-29-12)8-3-4-11(21)9(5-8)16(31)32-2/h3-7H,1-2H3. The molecule has 0 N–H and O–H groups in total. The van der Waals surface area contributed by atoms with Gasteiger partial charge in [-0.05, 0) is 40.2 Å². The van der Waals surface area contributed by atoms with Crippen LogP contribution in [0.15, 0.2) is 39.3 Å². The Balaban J connectivity index is 2.12. The van der Waals surface area contributed by atoms with Gasteiger partial charge in [0.05, 0.1) is 29.1 Å². The Morgan fingerprint density at radius 3 is 2.24 bits per heavy atom. The molecule has 0 amide bonds. The molecule has 0 spiro atoms. The summed E-state index contributed by atoms with van der Waals surface area (Å²) in [5, 5.41) is 3.73. The summed E-state index contributed by atoms with van der Waals surface area (Å²) in [7, 11) is 1.96. The number of ether oxygens (including phenoxy) is 1. The van der Waals surface area contributed by atoms with Crippen LogP contribution in [0.1, 0.15) is 16.1 Å². The Bertz CT molecular complexity index is 1200. The molecule has 1 aromatic carbocycles. The maximum Gasteiger partial charge on any atom is 0.437 e. The third kappa shape index (κ3) is 4.12. The Hall–Kier alpha value is -2.54. The molecule has 0 saturated heterocycles. The zero-order valence-electron chi connectivity index (χ0n) is 16.4. The van der Waals surface area contributed by atoms with Gasteiger partial charge in [0.15, 0.2) is 5.76 Å². The zero-order chi connectivity index (χ0) is 24.9. The van der Waals surface area contributed by atoms with Gasteiger partial charge in [-0.1, -0.05) is 16.8 Å². The molecule has 0 saturated carbocycles. The zero-order valence-corrected chi connectivity index (χ0v) is 18.7. The fourth-order valence-electron chi connectivity index (χ4n) is 3.11. The summed E-state index contributed by atoms with van der Waals surface area (Å²) < 4.78 is 104. The van der Waals surface area contributed by atoms with Crippen molar-refractivity contribution >= 4 is 33.5 Å². The highest BCUT2D eigenvalue weighted by Crippen LogP contribution is 2.54. The van der Waals surface area contributed by atoms with Crippen molar-refractivity contribution in [2.75, 3.05) is 7.11 Å². The number of rotatable bonds is 4. The van der Waals surface area contributed by atoms with Crippen LogP contribution >= 0.6 is 27.5 Å². The fourth-order valence-corrected chi connectivity index (χ4v) is 3.99. The number of hydrogen-bond acceptors (Lipinski definition) is 4. The molecule has 178 valence electrons. The summed E-state index contributed by atoms with van der Waals surface area (Å²) in [6, 6.07) is 5.65. The number of halogens is 9. The van der Waals surface area contributed by atoms with E-state index >= 15 is 0 Å². The van der Waals surface area contributed by atoms with Gasteiger partial charge in [-0.2, -0.15) is 26.3 Å². The van der Waals surface area contributed by atoms with Crippen molar-refractivity contribution in [3.8, 4) is 22.7 Å². The molecule has 0 aliphatic carbocycles. The summed E-state index contributed by atoms with van der Waals surface area (Å²) >= 11 is 8.81. The minimum atomic E-state index is -6.28. The molecule has 33 heavy (non-hydrogen) atoms. The maximum atomic E-state index is 14.6. The summed E-state index contributed by atoms with van der Waals surface area (Å²) in [5.41, 5.74) is -7.60. The number of carbonyl (C=O) groups excluding carboxylic acids is 1. The summed E-state index contributed by atoms with van der Waals surface area (Å²) in [4.78, 5) is 11.8. The van der Waals surface area contributed by atoms with Gasteiger partial charge in [-0.3, -0.25) is 0 Å². The predicted octanol–water partition coefficient (Wildman–Crippen LogP) is 6.84. The molecule has 3 aromatic rings. The molecule has 0 bridgehead atoms. The van der Waals surface area contributed by atoms with Crippen molar-refractivity contribution in [3.05, 3.63) is 51.1 Å². The molecule has 0 radical (unpaired) electrons. The van der Waals surface area contributed by atoms with Crippen molar-refractivity contribution in [1.29, 1.82) is 0 Å². The largest absolute Gasteiger partial charge is 0.465 e. The van der Waals surface area contributed by atoms with Gasteiger partial charge in [0.1, 0.15) is 5.69 Å². The van der Waals surface area contributed by atoms with Crippen molar-refractivity contribution in [3.63, 3.8) is 0 Å². The van der Waals surface area contributed by atoms with Crippen molar-refractivity contribution in [1.82, 2.24) is 9.72 Å². The molecule has 0 unspecified atom stereocenters. The smallest absolute Gasteiger partial charge is 0.437 e. The normalized spacial score (nSPS) is 12.8. The lowest BCUT2D eigenvalue weighted by molar-refractivity contribution is -0.350. The van der Waals surface area contributed by atoms with Crippen molar-refractivity contribution in [2.24, 2.45) is 7.05 Å². The second-order valence-corrected chi connectivity index (χ2v) is 7.96. The third-order valence-electron chi connectivity index (χ3n) is 4.73. The van der Waals surface area contributed by atoms with E-state index in [1.54, 1.807) is 0 Å². The first-order valence-corrected chi connectivity index (χ1v) is 9.84. The Kier molecular flexibility index (Phi) is 6.35. The number of alkyl halides is 7. The minimum Gasteiger partial charge on any atom is -0.465 e. The van der Waals surface area contributed by atoms with Crippen LogP contribution in [0, 0.1) is 0 Å². The third-order valence-corrected chi connectivity index (χ3v) is 5.66. The highest BCUT2D eigenvalue weighted by Gasteiger charge is 2.74. The van der Waals surface area contributed by atoms with E-state index in [1.807, 2.05) is 0 Å². The second kappa shape index (κ2) is 8.35. The molecule has 3 rings (SSSR count). The lowest BCUT2D eigenvalue weighted by Crippen LogP contribution is -2.51. The molecule has 5 nitrogen and oxygen atoms in total. The van der Waals surface area contributed by atoms with Crippen molar-refractivity contribution in [2.45, 2.75) is 18.0 Å². The van der Waals surface area contributed by atoms with Crippen LogP contribution in [0.25, 0.3) is 22.7 Å². The van der Waals surface area contributed by atoms with E-state index < -0.39 is 29.7 Å². The molecular weight excluding hydrogens is 553 g/mol. The second-order valence-electron chi connectivity index (χ2n) is 6.70. The van der Waals surface area contributed by atoms with Gasteiger partial charge < -0.3 is 13.8 Å². The number of carbonyl (C=O) groups is 1. The lowest BCUT2D eigenvalue weighted by atomic mass is 10.0. The molecule has 0 aliphatic rings. The Labute approximate surface area is 194 Å². The predicted molar refractivity (Wildman–Crippen MR) is 105 cm³/mol. The first-order chi connectivity index (χ1) is 15.1. The average Bonchev–Trinajstić information content (AvgIpc) is 3.29. The van der Waals surface area contributed by atoms with E-state index in [9.17, 15) is 35.5 Å². The topological polar surface area (TPSA) is 57.3 Å². The first kappa shape index (κ1) is 25.1. The number of methoxy groups -OCH3 is 1. The Morgan fingerprint density at radius 2 is 1.70 bits per heavy atom. The molecule has 0 fully saturated rings. The number of nitrogens with zero attached hydrogens (tertiary/aromatic N) is 2. The van der Waals surface area contributed by atoms with Gasteiger partial charge in [0.2, 0.25) is 0 Å². The number of esters is 1. The van der Waals surface area contributed by atoms with Crippen LogP contribution < -0.4 is 0 Å². The number of hydrogen-bond donors (Lipinski definition) is 0. The van der Waals surface area contributed by atoms with E-state index in [-0.39, 0.29) is 37.8 Å². The van der Waals surface area contributed by atoms with Crippen LogP contribution in [0.4, 0.5) is 30.7 Å². The van der Waals surface area contributed by atoms with Gasteiger partial charge in [0.25, 0.3) is 0 Å². The number of benzene rings is 1. The van der Waals surface area contributed by atoms with Gasteiger partial charge in [-0.25, -0.2) is 9.18 Å². The summed E-state index contributed by atoms with van der Waals surface area (Å²) in [6.45, 7) is 0. The van der Waals surface area contributed by atoms with E-state index in [1.165, 1.54) is 24.3 Å². The summed E-state index contributed by atoms with van der Waals surface area (Å²) in [5.74, 6) is -0.755. The van der Waals surface area contributed by atoms with E-state index in [2.05, 4.69) is 25.8 Å². The fraction of sp³-hybridized carbons (Fsp3) is 0.263. The molecular formula is C19H11BrClF7N2O3. The monoisotopic (exact) mass is 562 g/mol. The quantitative estimate of drug-likeness (QED) is 0.258. The van der Waals surface area contributed by atoms with Crippen LogP contribution in [0.3, 0.4) is 0 Å². The minimum absolute atomic E-state index is 0.000348. The number of aromatic nitrogens is 2. The highest BCUT2D eigenvalue weighted by atomic mass is 79.9. The van der Waals surface area contributed by atoms with Crippen LogP contribution in [0.2, 0.25) is 5.02 Å². The first-order valence-electron chi connectivity index (χ1n) is 8.66. The van der Waals surface area contributed by atoms with E-state index in [0.29, 0.717) is 10.6 Å². The maximum absolute atomic E-state index is 14.6. The van der Waals surface area contributed by atoms with Crippen LogP contribution in [-0.2, 0) is 17.5 Å². The van der Waals surface area contributed by atoms with Gasteiger partial charge >= 0.3 is 24.0 Å². The average molecular weight is 564 g/mol. The van der Waals surface area contributed by atoms with Crippen molar-refractivity contribution < 1.29 is 44.8 Å². The lowest BCUT2D eigenvalue weighted by Gasteiger charge is -2.30. The van der Waals surface area contributed by atoms with Gasteiger partial charge in [0, 0.05) is 23.2 Å². The molecule has 2 heterocycles. The Morgan fingerprint density at radius 1 is 1.09 bits per heavy atom.